The summed E-state index contributed by atoms with van der Waals surface area (Å²) in [5.74, 6) is 0.810. The van der Waals surface area contributed by atoms with E-state index in [1.165, 1.54) is 0 Å². The summed E-state index contributed by atoms with van der Waals surface area (Å²) in [7, 11) is 1.58. The van der Waals surface area contributed by atoms with Gasteiger partial charge in [0.1, 0.15) is 11.5 Å². The summed E-state index contributed by atoms with van der Waals surface area (Å²) in [6.07, 6.45) is 0. The van der Waals surface area contributed by atoms with Crippen LogP contribution in [0.2, 0.25) is 0 Å². The fourth-order valence-electron chi connectivity index (χ4n) is 1.96. The predicted molar refractivity (Wildman–Crippen MR) is 90.0 cm³/mol. The summed E-state index contributed by atoms with van der Waals surface area (Å²) < 4.78 is 10.6. The van der Waals surface area contributed by atoms with Crippen molar-refractivity contribution in [2.45, 2.75) is 6.92 Å². The summed E-state index contributed by atoms with van der Waals surface area (Å²) in [6, 6.07) is 15.9. The van der Waals surface area contributed by atoms with Crippen molar-refractivity contribution in [3.05, 3.63) is 59.7 Å². The number of nitrogens with zero attached hydrogens (tertiary/aromatic N) is 2. The Bertz CT molecular complexity index is 777. The molecular weight excluding hydrogens is 306 g/mol. The molecule has 2 rings (SSSR count). The summed E-state index contributed by atoms with van der Waals surface area (Å²) in [6.45, 7) is 1.61. The van der Waals surface area contributed by atoms with E-state index >= 15 is 0 Å². The first-order chi connectivity index (χ1) is 11.6. The maximum Gasteiger partial charge on any atom is 0.277 e. The number of amides is 1. The summed E-state index contributed by atoms with van der Waals surface area (Å²) >= 11 is 0. The third-order valence-corrected chi connectivity index (χ3v) is 3.20. The van der Waals surface area contributed by atoms with Gasteiger partial charge in [-0.25, -0.2) is 5.43 Å². The Morgan fingerprint density at radius 2 is 1.92 bits per heavy atom. The van der Waals surface area contributed by atoms with Crippen molar-refractivity contribution < 1.29 is 14.3 Å². The van der Waals surface area contributed by atoms with Gasteiger partial charge in [-0.3, -0.25) is 4.79 Å². The van der Waals surface area contributed by atoms with Gasteiger partial charge in [-0.2, -0.15) is 10.4 Å². The first-order valence-corrected chi connectivity index (χ1v) is 7.23. The van der Waals surface area contributed by atoms with Crippen molar-refractivity contribution in [2.24, 2.45) is 5.10 Å². The summed E-state index contributed by atoms with van der Waals surface area (Å²) in [5.41, 5.74) is 4.40. The van der Waals surface area contributed by atoms with Crippen LogP contribution in [0.25, 0.3) is 0 Å². The molecule has 0 bridgehead atoms. The number of carbonyl (C=O) groups is 1. The van der Waals surface area contributed by atoms with Crippen LogP contribution in [0.1, 0.15) is 18.1 Å². The average molecular weight is 323 g/mol. The highest BCUT2D eigenvalue weighted by molar-refractivity contribution is 6.01. The normalized spacial score (nSPS) is 10.6. The van der Waals surface area contributed by atoms with E-state index in [4.69, 9.17) is 14.7 Å². The largest absolute Gasteiger partial charge is 0.496 e. The quantitative estimate of drug-likeness (QED) is 0.654. The predicted octanol–water partition coefficient (Wildman–Crippen LogP) is 2.49. The van der Waals surface area contributed by atoms with E-state index < -0.39 is 0 Å². The molecular formula is C18H17N3O3. The zero-order chi connectivity index (χ0) is 17.4. The third kappa shape index (κ3) is 4.58. The standard InChI is InChI=1S/C18H17N3O3/c1-13(16-5-3-4-6-17(16)23-2)20-21-18(22)12-24-15-9-7-14(11-19)8-10-15/h3-10H,12H2,1-2H3,(H,21,22)/b20-13-. The Labute approximate surface area is 140 Å². The SMILES string of the molecule is COc1ccccc1/C(C)=N\NC(=O)COc1ccc(C#N)cc1. The lowest BCUT2D eigenvalue weighted by Crippen LogP contribution is -2.25. The molecule has 24 heavy (non-hydrogen) atoms. The second kappa shape index (κ2) is 8.34. The van der Waals surface area contributed by atoms with Gasteiger partial charge in [0.05, 0.1) is 24.5 Å². The van der Waals surface area contributed by atoms with Crippen LogP contribution < -0.4 is 14.9 Å². The molecule has 0 heterocycles. The number of rotatable bonds is 6. The highest BCUT2D eigenvalue weighted by Gasteiger charge is 2.06. The molecule has 2 aromatic rings. The fraction of sp³-hybridized carbons (Fsp3) is 0.167. The molecule has 0 aliphatic rings. The number of nitriles is 1. The lowest BCUT2D eigenvalue weighted by atomic mass is 10.1. The molecule has 6 heteroatoms. The number of hydrogen-bond donors (Lipinski definition) is 1. The van der Waals surface area contributed by atoms with Crippen LogP contribution in [0.15, 0.2) is 53.6 Å². The second-order valence-corrected chi connectivity index (χ2v) is 4.86. The van der Waals surface area contributed by atoms with Gasteiger partial charge in [0.15, 0.2) is 6.61 Å². The third-order valence-electron chi connectivity index (χ3n) is 3.20. The van der Waals surface area contributed by atoms with Crippen LogP contribution >= 0.6 is 0 Å². The molecule has 0 aliphatic carbocycles. The molecule has 0 fully saturated rings. The van der Waals surface area contributed by atoms with Gasteiger partial charge < -0.3 is 9.47 Å². The van der Waals surface area contributed by atoms with Crippen LogP contribution in [0, 0.1) is 11.3 Å². The maximum absolute atomic E-state index is 11.8. The average Bonchev–Trinajstić information content (AvgIpc) is 2.64. The zero-order valence-corrected chi connectivity index (χ0v) is 13.4. The Hall–Kier alpha value is -3.33. The summed E-state index contributed by atoms with van der Waals surface area (Å²) in [5, 5.41) is 12.8. The molecule has 0 radical (unpaired) electrons. The fourth-order valence-corrected chi connectivity index (χ4v) is 1.96. The molecule has 0 saturated carbocycles. The van der Waals surface area contributed by atoms with E-state index in [2.05, 4.69) is 10.5 Å². The Morgan fingerprint density at radius 3 is 2.58 bits per heavy atom. The number of nitrogens with one attached hydrogen (secondary N) is 1. The molecule has 0 aliphatic heterocycles. The first kappa shape index (κ1) is 17.0. The van der Waals surface area contributed by atoms with Gasteiger partial charge >= 0.3 is 0 Å². The lowest BCUT2D eigenvalue weighted by molar-refractivity contribution is -0.123. The summed E-state index contributed by atoms with van der Waals surface area (Å²) in [4.78, 5) is 11.8. The molecule has 0 unspecified atom stereocenters. The molecule has 0 atom stereocenters. The van der Waals surface area contributed by atoms with Gasteiger partial charge in [-0.15, -0.1) is 0 Å². The van der Waals surface area contributed by atoms with E-state index in [1.54, 1.807) is 38.3 Å². The molecule has 1 amide bonds. The molecule has 1 N–H and O–H groups in total. The van der Waals surface area contributed by atoms with E-state index in [0.29, 0.717) is 22.8 Å². The monoisotopic (exact) mass is 323 g/mol. The molecule has 0 saturated heterocycles. The number of hydrazone groups is 1. The zero-order valence-electron chi connectivity index (χ0n) is 13.4. The number of ether oxygens (including phenoxy) is 2. The minimum atomic E-state index is -0.381. The molecule has 6 nitrogen and oxygen atoms in total. The number of methoxy groups -OCH3 is 1. The van der Waals surface area contributed by atoms with Crippen LogP contribution in [0.5, 0.6) is 11.5 Å². The molecule has 122 valence electrons. The highest BCUT2D eigenvalue weighted by atomic mass is 16.5. The molecule has 2 aromatic carbocycles. The first-order valence-electron chi connectivity index (χ1n) is 7.23. The van der Waals surface area contributed by atoms with Crippen molar-refractivity contribution in [1.82, 2.24) is 5.43 Å². The van der Waals surface area contributed by atoms with Gasteiger partial charge in [0.2, 0.25) is 0 Å². The van der Waals surface area contributed by atoms with Crippen molar-refractivity contribution in [3.63, 3.8) is 0 Å². The Morgan fingerprint density at radius 1 is 1.21 bits per heavy atom. The van der Waals surface area contributed by atoms with Crippen molar-refractivity contribution in [3.8, 4) is 17.6 Å². The lowest BCUT2D eigenvalue weighted by Gasteiger charge is -2.08. The smallest absolute Gasteiger partial charge is 0.277 e. The van der Waals surface area contributed by atoms with Crippen molar-refractivity contribution in [2.75, 3.05) is 13.7 Å². The van der Waals surface area contributed by atoms with E-state index in [9.17, 15) is 4.79 Å². The minimum Gasteiger partial charge on any atom is -0.496 e. The Kier molecular flexibility index (Phi) is 5.92. The van der Waals surface area contributed by atoms with Gasteiger partial charge in [-0.1, -0.05) is 12.1 Å². The van der Waals surface area contributed by atoms with E-state index in [1.807, 2.05) is 30.3 Å². The van der Waals surface area contributed by atoms with Crippen LogP contribution in [0.4, 0.5) is 0 Å². The Balaban J connectivity index is 1.91. The van der Waals surface area contributed by atoms with Gasteiger partial charge in [0.25, 0.3) is 5.91 Å². The van der Waals surface area contributed by atoms with Crippen molar-refractivity contribution >= 4 is 11.6 Å². The van der Waals surface area contributed by atoms with Crippen LogP contribution in [-0.2, 0) is 4.79 Å². The van der Waals surface area contributed by atoms with Crippen LogP contribution in [0.3, 0.4) is 0 Å². The van der Waals surface area contributed by atoms with Gasteiger partial charge in [-0.05, 0) is 43.3 Å². The van der Waals surface area contributed by atoms with Gasteiger partial charge in [0, 0.05) is 5.56 Å². The number of benzene rings is 2. The molecule has 0 spiro atoms. The minimum absolute atomic E-state index is 0.172. The van der Waals surface area contributed by atoms with E-state index in [-0.39, 0.29) is 12.5 Å². The van der Waals surface area contributed by atoms with Crippen LogP contribution in [-0.4, -0.2) is 25.3 Å². The number of carbonyl (C=O) groups excluding carboxylic acids is 1. The molecule has 0 aromatic heterocycles. The topological polar surface area (TPSA) is 83.7 Å². The maximum atomic E-state index is 11.8. The van der Waals surface area contributed by atoms with E-state index in [0.717, 1.165) is 5.56 Å². The number of para-hydroxylation sites is 1. The van der Waals surface area contributed by atoms with Crippen molar-refractivity contribution in [1.29, 1.82) is 5.26 Å². The second-order valence-electron chi connectivity index (χ2n) is 4.86. The highest BCUT2D eigenvalue weighted by Crippen LogP contribution is 2.17. The number of hydrogen-bond acceptors (Lipinski definition) is 5.